The summed E-state index contributed by atoms with van der Waals surface area (Å²) in [4.78, 5) is 13.4. The van der Waals surface area contributed by atoms with E-state index in [0.717, 1.165) is 23.4 Å². The quantitative estimate of drug-likeness (QED) is 0.905. The Morgan fingerprint density at radius 2 is 2.04 bits per heavy atom. The molecule has 6 nitrogen and oxygen atoms in total. The van der Waals surface area contributed by atoms with Gasteiger partial charge in [-0.05, 0) is 17.0 Å². The zero-order chi connectivity index (χ0) is 17.5. The lowest BCUT2D eigenvalue weighted by Gasteiger charge is -2.28. The molecule has 0 bridgehead atoms. The molecule has 0 aliphatic carbocycles. The average Bonchev–Trinajstić information content (AvgIpc) is 2.91. The summed E-state index contributed by atoms with van der Waals surface area (Å²) in [5.41, 5.74) is 2.91. The molecule has 0 atom stereocenters. The minimum Gasteiger partial charge on any atom is -0.508 e. The van der Waals surface area contributed by atoms with Crippen molar-refractivity contribution in [2.45, 2.75) is 45.8 Å². The number of aromatic carboxylic acids is 1. The molecule has 0 amide bonds. The molecule has 24 heavy (non-hydrogen) atoms. The number of carboxylic acids is 1. The molecule has 2 heterocycles. The van der Waals surface area contributed by atoms with E-state index in [9.17, 15) is 15.0 Å². The van der Waals surface area contributed by atoms with E-state index in [1.165, 1.54) is 6.20 Å². The zero-order valence-corrected chi connectivity index (χ0v) is 14.3. The van der Waals surface area contributed by atoms with E-state index in [4.69, 9.17) is 0 Å². The largest absolute Gasteiger partial charge is 0.508 e. The third-order valence-corrected chi connectivity index (χ3v) is 4.53. The number of phenolic OH excluding ortho intramolecular Hbond substituents is 1. The lowest BCUT2D eigenvalue weighted by Crippen LogP contribution is -2.34. The molecule has 1 aromatic carbocycles. The van der Waals surface area contributed by atoms with Crippen LogP contribution in [0.2, 0.25) is 0 Å². The van der Waals surface area contributed by atoms with Crippen LogP contribution in [0.15, 0.2) is 24.4 Å². The van der Waals surface area contributed by atoms with Crippen molar-refractivity contribution < 1.29 is 15.0 Å². The van der Waals surface area contributed by atoms with Crippen molar-refractivity contribution in [3.8, 4) is 5.75 Å². The fourth-order valence-electron chi connectivity index (χ4n) is 3.02. The molecule has 2 aromatic rings. The molecule has 1 aliphatic heterocycles. The molecule has 0 radical (unpaired) electrons. The van der Waals surface area contributed by atoms with Crippen molar-refractivity contribution in [2.24, 2.45) is 0 Å². The first kappa shape index (κ1) is 16.5. The van der Waals surface area contributed by atoms with Crippen LogP contribution >= 0.6 is 0 Å². The molecule has 2 N–H and O–H groups in total. The molecule has 6 heteroatoms. The van der Waals surface area contributed by atoms with Crippen LogP contribution in [0.1, 0.15) is 48.0 Å². The highest BCUT2D eigenvalue weighted by Gasteiger charge is 2.24. The average molecular weight is 329 g/mol. The first-order valence-electron chi connectivity index (χ1n) is 8.08. The minimum absolute atomic E-state index is 0.00990. The summed E-state index contributed by atoms with van der Waals surface area (Å²) < 4.78 is 1.75. The molecule has 128 valence electrons. The van der Waals surface area contributed by atoms with E-state index in [-0.39, 0.29) is 11.0 Å². The standard InChI is InChI=1S/C18H23N3O3/c1-18(2,3)13-5-4-12(16(22)8-13)10-20-6-7-21-15(11-20)14(9-19-21)17(23)24/h4-5,8-9,22H,6-7,10-11H2,1-3H3,(H,23,24). The molecule has 3 rings (SSSR count). The number of nitrogens with zero attached hydrogens (tertiary/aromatic N) is 3. The molecule has 1 aromatic heterocycles. The number of phenols is 1. The van der Waals surface area contributed by atoms with Crippen molar-refractivity contribution >= 4 is 5.97 Å². The Kier molecular flexibility index (Phi) is 4.09. The maximum absolute atomic E-state index is 11.3. The van der Waals surface area contributed by atoms with Gasteiger partial charge in [-0.15, -0.1) is 0 Å². The van der Waals surface area contributed by atoms with Gasteiger partial charge in [0.05, 0.1) is 18.4 Å². The van der Waals surface area contributed by atoms with E-state index in [1.54, 1.807) is 4.68 Å². The summed E-state index contributed by atoms with van der Waals surface area (Å²) in [5, 5.41) is 23.7. The monoisotopic (exact) mass is 329 g/mol. The number of carboxylic acid groups (broad SMARTS) is 1. The van der Waals surface area contributed by atoms with Crippen molar-refractivity contribution in [3.05, 3.63) is 46.8 Å². The Balaban J connectivity index is 1.78. The van der Waals surface area contributed by atoms with Gasteiger partial charge in [0.2, 0.25) is 0 Å². The van der Waals surface area contributed by atoms with Crippen LogP contribution < -0.4 is 0 Å². The van der Waals surface area contributed by atoms with Crippen LogP contribution in [0.5, 0.6) is 5.75 Å². The van der Waals surface area contributed by atoms with E-state index in [2.05, 4.69) is 30.8 Å². The Hall–Kier alpha value is -2.34. The summed E-state index contributed by atoms with van der Waals surface area (Å²) >= 11 is 0. The number of hydrogen-bond acceptors (Lipinski definition) is 4. The number of aromatic hydroxyl groups is 1. The highest BCUT2D eigenvalue weighted by atomic mass is 16.4. The van der Waals surface area contributed by atoms with Gasteiger partial charge in [-0.1, -0.05) is 32.9 Å². The maximum atomic E-state index is 11.3. The van der Waals surface area contributed by atoms with Gasteiger partial charge in [0, 0.05) is 25.2 Å². The predicted octanol–water partition coefficient (Wildman–Crippen LogP) is 2.60. The fourth-order valence-corrected chi connectivity index (χ4v) is 3.02. The van der Waals surface area contributed by atoms with Gasteiger partial charge in [0.1, 0.15) is 11.3 Å². The summed E-state index contributed by atoms with van der Waals surface area (Å²) in [6.45, 7) is 8.86. The number of carbonyl (C=O) groups is 1. The molecular formula is C18H23N3O3. The number of fused-ring (bicyclic) bond motifs is 1. The molecule has 0 saturated carbocycles. The molecular weight excluding hydrogens is 306 g/mol. The first-order chi connectivity index (χ1) is 11.3. The molecule has 0 saturated heterocycles. The van der Waals surface area contributed by atoms with Crippen molar-refractivity contribution in [1.82, 2.24) is 14.7 Å². The second-order valence-corrected chi connectivity index (χ2v) is 7.34. The normalized spacial score (nSPS) is 15.3. The lowest BCUT2D eigenvalue weighted by atomic mass is 9.86. The Bertz CT molecular complexity index is 774. The zero-order valence-electron chi connectivity index (χ0n) is 14.3. The fraction of sp³-hybridized carbons (Fsp3) is 0.444. The second-order valence-electron chi connectivity index (χ2n) is 7.34. The van der Waals surface area contributed by atoms with Gasteiger partial charge in [-0.3, -0.25) is 9.58 Å². The Labute approximate surface area is 141 Å². The van der Waals surface area contributed by atoms with E-state index >= 15 is 0 Å². The molecule has 0 spiro atoms. The molecule has 0 fully saturated rings. The van der Waals surface area contributed by atoms with Gasteiger partial charge in [0.25, 0.3) is 0 Å². The van der Waals surface area contributed by atoms with Gasteiger partial charge in [0.15, 0.2) is 0 Å². The van der Waals surface area contributed by atoms with Crippen molar-refractivity contribution in [3.63, 3.8) is 0 Å². The summed E-state index contributed by atoms with van der Waals surface area (Å²) in [5.74, 6) is -0.657. The van der Waals surface area contributed by atoms with Crippen LogP contribution in [0.4, 0.5) is 0 Å². The first-order valence-corrected chi connectivity index (χ1v) is 8.08. The highest BCUT2D eigenvalue weighted by Crippen LogP contribution is 2.29. The number of rotatable bonds is 3. The predicted molar refractivity (Wildman–Crippen MR) is 90.1 cm³/mol. The van der Waals surface area contributed by atoms with E-state index in [0.29, 0.717) is 25.4 Å². The minimum atomic E-state index is -0.949. The summed E-state index contributed by atoms with van der Waals surface area (Å²) in [6.07, 6.45) is 1.41. The number of benzene rings is 1. The Morgan fingerprint density at radius 3 is 2.67 bits per heavy atom. The summed E-state index contributed by atoms with van der Waals surface area (Å²) in [7, 11) is 0. The topological polar surface area (TPSA) is 78.6 Å². The van der Waals surface area contributed by atoms with Crippen LogP contribution in [-0.2, 0) is 25.0 Å². The highest BCUT2D eigenvalue weighted by molar-refractivity contribution is 5.88. The maximum Gasteiger partial charge on any atom is 0.339 e. The van der Waals surface area contributed by atoms with Crippen molar-refractivity contribution in [1.29, 1.82) is 0 Å². The third-order valence-electron chi connectivity index (χ3n) is 4.53. The molecule has 0 unspecified atom stereocenters. The van der Waals surface area contributed by atoms with Crippen LogP contribution in [-0.4, -0.2) is 37.4 Å². The second kappa shape index (κ2) is 5.94. The van der Waals surface area contributed by atoms with E-state index < -0.39 is 5.97 Å². The number of aromatic nitrogens is 2. The van der Waals surface area contributed by atoms with Crippen LogP contribution in [0.25, 0.3) is 0 Å². The van der Waals surface area contributed by atoms with Gasteiger partial charge in [-0.2, -0.15) is 5.10 Å². The van der Waals surface area contributed by atoms with Crippen LogP contribution in [0, 0.1) is 0 Å². The number of hydrogen-bond donors (Lipinski definition) is 2. The SMILES string of the molecule is CC(C)(C)c1ccc(CN2CCn3ncc(C(=O)O)c3C2)c(O)c1. The molecule has 1 aliphatic rings. The van der Waals surface area contributed by atoms with Gasteiger partial charge in [-0.25, -0.2) is 4.79 Å². The van der Waals surface area contributed by atoms with Gasteiger partial charge < -0.3 is 10.2 Å². The lowest BCUT2D eigenvalue weighted by molar-refractivity contribution is 0.0692. The summed E-state index contributed by atoms with van der Waals surface area (Å²) in [6, 6.07) is 5.83. The van der Waals surface area contributed by atoms with E-state index in [1.807, 2.05) is 18.2 Å². The smallest absolute Gasteiger partial charge is 0.339 e. The van der Waals surface area contributed by atoms with Gasteiger partial charge >= 0.3 is 5.97 Å². The van der Waals surface area contributed by atoms with Crippen LogP contribution in [0.3, 0.4) is 0 Å². The Morgan fingerprint density at radius 1 is 1.29 bits per heavy atom. The van der Waals surface area contributed by atoms with Crippen molar-refractivity contribution in [2.75, 3.05) is 6.54 Å². The third kappa shape index (κ3) is 3.14.